The molecular formula is C21H19NO2. The van der Waals surface area contributed by atoms with Gasteiger partial charge in [-0.1, -0.05) is 29.8 Å². The zero-order chi connectivity index (χ0) is 16.7. The molecular weight excluding hydrogens is 298 g/mol. The maximum absolute atomic E-state index is 13.0. The third-order valence-electron chi connectivity index (χ3n) is 4.53. The number of Topliss-reactive ketones (excluding diaryl/α,β-unsaturated/α-hetero) is 1. The summed E-state index contributed by atoms with van der Waals surface area (Å²) in [6, 6.07) is 13.8. The van der Waals surface area contributed by atoms with Crippen molar-refractivity contribution in [1.29, 1.82) is 0 Å². The van der Waals surface area contributed by atoms with Crippen LogP contribution in [0.5, 0.6) is 5.75 Å². The van der Waals surface area contributed by atoms with Crippen LogP contribution < -0.4 is 4.74 Å². The average Bonchev–Trinajstić information content (AvgIpc) is 2.59. The molecule has 1 atom stereocenters. The standard InChI is InChI=1S/C21H19NO2/c1-13(2)7-8-15-12-24-19-10-9-18-16(20(19)21(15)23)11-14-5-3-4-6-17(14)22-18/h3-7,9-11,15H,8,12H2,1-2H3. The Bertz CT molecular complexity index is 984. The summed E-state index contributed by atoms with van der Waals surface area (Å²) in [4.78, 5) is 17.7. The third-order valence-corrected chi connectivity index (χ3v) is 4.53. The van der Waals surface area contributed by atoms with E-state index in [4.69, 9.17) is 9.72 Å². The van der Waals surface area contributed by atoms with Crippen molar-refractivity contribution >= 4 is 27.6 Å². The molecule has 0 radical (unpaired) electrons. The predicted molar refractivity (Wildman–Crippen MR) is 96.6 cm³/mol. The Balaban J connectivity index is 1.88. The number of carbonyl (C=O) groups is 1. The van der Waals surface area contributed by atoms with Gasteiger partial charge >= 0.3 is 0 Å². The van der Waals surface area contributed by atoms with Gasteiger partial charge in [-0.3, -0.25) is 4.79 Å². The SMILES string of the molecule is CC(C)=CCC1COc2ccc3nc4ccccc4cc3c2C1=O. The molecule has 2 aromatic carbocycles. The number of fused-ring (bicyclic) bond motifs is 4. The molecule has 2 heterocycles. The van der Waals surface area contributed by atoms with E-state index in [9.17, 15) is 4.79 Å². The third kappa shape index (κ3) is 2.46. The van der Waals surface area contributed by atoms with Crippen LogP contribution in [0, 0.1) is 5.92 Å². The first-order chi connectivity index (χ1) is 11.6. The number of rotatable bonds is 2. The minimum atomic E-state index is -0.121. The molecule has 0 N–H and O–H groups in total. The van der Waals surface area contributed by atoms with Crippen LogP contribution in [-0.2, 0) is 0 Å². The van der Waals surface area contributed by atoms with Crippen molar-refractivity contribution in [3.8, 4) is 5.75 Å². The first kappa shape index (κ1) is 14.9. The van der Waals surface area contributed by atoms with Crippen molar-refractivity contribution in [3.63, 3.8) is 0 Å². The first-order valence-electron chi connectivity index (χ1n) is 8.26. The molecule has 1 aliphatic rings. The van der Waals surface area contributed by atoms with Gasteiger partial charge in [-0.05, 0) is 44.5 Å². The van der Waals surface area contributed by atoms with Gasteiger partial charge in [-0.15, -0.1) is 0 Å². The number of carbonyl (C=O) groups excluding carboxylic acids is 1. The summed E-state index contributed by atoms with van der Waals surface area (Å²) >= 11 is 0. The highest BCUT2D eigenvalue weighted by Crippen LogP contribution is 2.35. The number of hydrogen-bond donors (Lipinski definition) is 0. The number of nitrogens with zero attached hydrogens (tertiary/aromatic N) is 1. The van der Waals surface area contributed by atoms with Crippen molar-refractivity contribution in [2.75, 3.05) is 6.61 Å². The Hall–Kier alpha value is -2.68. The Kier molecular flexibility index (Phi) is 3.57. The summed E-state index contributed by atoms with van der Waals surface area (Å²) in [5, 5.41) is 1.93. The zero-order valence-corrected chi connectivity index (χ0v) is 13.9. The lowest BCUT2D eigenvalue weighted by Crippen LogP contribution is -2.27. The lowest BCUT2D eigenvalue weighted by atomic mass is 9.89. The van der Waals surface area contributed by atoms with Gasteiger partial charge in [0.2, 0.25) is 0 Å². The minimum absolute atomic E-state index is 0.121. The second-order valence-electron chi connectivity index (χ2n) is 6.58. The molecule has 0 bridgehead atoms. The molecule has 3 nitrogen and oxygen atoms in total. The molecule has 0 fully saturated rings. The normalized spacial score (nSPS) is 16.8. The monoisotopic (exact) mass is 317 g/mol. The highest BCUT2D eigenvalue weighted by Gasteiger charge is 2.30. The number of ether oxygens (including phenoxy) is 1. The van der Waals surface area contributed by atoms with Crippen LogP contribution in [0.2, 0.25) is 0 Å². The summed E-state index contributed by atoms with van der Waals surface area (Å²) < 4.78 is 5.88. The summed E-state index contributed by atoms with van der Waals surface area (Å²) in [6.07, 6.45) is 2.83. The smallest absolute Gasteiger partial charge is 0.174 e. The van der Waals surface area contributed by atoms with E-state index in [0.717, 1.165) is 28.2 Å². The van der Waals surface area contributed by atoms with E-state index in [-0.39, 0.29) is 11.7 Å². The number of para-hydroxylation sites is 1. The molecule has 1 aromatic heterocycles. The van der Waals surface area contributed by atoms with E-state index in [0.29, 0.717) is 17.9 Å². The van der Waals surface area contributed by atoms with Crippen LogP contribution in [-0.4, -0.2) is 17.4 Å². The lowest BCUT2D eigenvalue weighted by molar-refractivity contribution is 0.0836. The Morgan fingerprint density at radius 3 is 2.88 bits per heavy atom. The van der Waals surface area contributed by atoms with Gasteiger partial charge in [-0.2, -0.15) is 0 Å². The Morgan fingerprint density at radius 2 is 2.04 bits per heavy atom. The van der Waals surface area contributed by atoms with E-state index in [1.54, 1.807) is 0 Å². The van der Waals surface area contributed by atoms with Gasteiger partial charge < -0.3 is 4.74 Å². The molecule has 4 rings (SSSR count). The molecule has 1 unspecified atom stereocenters. The Morgan fingerprint density at radius 1 is 1.21 bits per heavy atom. The summed E-state index contributed by atoms with van der Waals surface area (Å²) in [7, 11) is 0. The largest absolute Gasteiger partial charge is 0.492 e. The van der Waals surface area contributed by atoms with Crippen LogP contribution in [0.25, 0.3) is 21.8 Å². The molecule has 1 aliphatic heterocycles. The van der Waals surface area contributed by atoms with Gasteiger partial charge in [-0.25, -0.2) is 4.98 Å². The molecule has 3 heteroatoms. The number of ketones is 1. The fourth-order valence-electron chi connectivity index (χ4n) is 3.23. The number of aromatic nitrogens is 1. The lowest BCUT2D eigenvalue weighted by Gasteiger charge is -2.24. The number of hydrogen-bond acceptors (Lipinski definition) is 3. The second-order valence-corrected chi connectivity index (χ2v) is 6.58. The Labute approximate surface area is 141 Å². The summed E-state index contributed by atoms with van der Waals surface area (Å²) in [6.45, 7) is 4.54. The van der Waals surface area contributed by atoms with Crippen molar-refractivity contribution in [3.05, 3.63) is 59.7 Å². The van der Waals surface area contributed by atoms with Gasteiger partial charge in [0.25, 0.3) is 0 Å². The van der Waals surface area contributed by atoms with Crippen LogP contribution in [0.3, 0.4) is 0 Å². The van der Waals surface area contributed by atoms with Crippen LogP contribution in [0.1, 0.15) is 30.6 Å². The average molecular weight is 317 g/mol. The van der Waals surface area contributed by atoms with Crippen molar-refractivity contribution in [1.82, 2.24) is 4.98 Å². The van der Waals surface area contributed by atoms with E-state index >= 15 is 0 Å². The molecule has 0 spiro atoms. The minimum Gasteiger partial charge on any atom is -0.492 e. The van der Waals surface area contributed by atoms with E-state index in [2.05, 4.69) is 12.1 Å². The number of benzene rings is 2. The van der Waals surface area contributed by atoms with Gasteiger partial charge in [0.1, 0.15) is 5.75 Å². The molecule has 3 aromatic rings. The molecule has 0 saturated carbocycles. The number of allylic oxidation sites excluding steroid dienone is 2. The van der Waals surface area contributed by atoms with Crippen LogP contribution in [0.15, 0.2) is 54.1 Å². The van der Waals surface area contributed by atoms with Crippen molar-refractivity contribution in [2.45, 2.75) is 20.3 Å². The van der Waals surface area contributed by atoms with Gasteiger partial charge in [0, 0.05) is 10.8 Å². The molecule has 0 saturated heterocycles. The summed E-state index contributed by atoms with van der Waals surface area (Å²) in [5.74, 6) is 0.721. The zero-order valence-electron chi connectivity index (χ0n) is 13.9. The highest BCUT2D eigenvalue weighted by molar-refractivity contribution is 6.13. The number of pyridine rings is 1. The maximum atomic E-state index is 13.0. The van der Waals surface area contributed by atoms with Crippen LogP contribution in [0.4, 0.5) is 0 Å². The second kappa shape index (κ2) is 5.75. The topological polar surface area (TPSA) is 39.2 Å². The highest BCUT2D eigenvalue weighted by atomic mass is 16.5. The fraction of sp³-hybridized carbons (Fsp3) is 0.238. The van der Waals surface area contributed by atoms with Gasteiger partial charge in [0.05, 0.1) is 29.1 Å². The fourth-order valence-corrected chi connectivity index (χ4v) is 3.23. The van der Waals surface area contributed by atoms with E-state index < -0.39 is 0 Å². The molecule has 0 amide bonds. The first-order valence-corrected chi connectivity index (χ1v) is 8.26. The quantitative estimate of drug-likeness (QED) is 0.496. The molecule has 24 heavy (non-hydrogen) atoms. The molecule has 120 valence electrons. The maximum Gasteiger partial charge on any atom is 0.174 e. The van der Waals surface area contributed by atoms with Crippen molar-refractivity contribution < 1.29 is 9.53 Å². The van der Waals surface area contributed by atoms with E-state index in [1.165, 1.54) is 5.57 Å². The molecule has 0 aliphatic carbocycles. The predicted octanol–water partition coefficient (Wildman–Crippen LogP) is 4.94. The van der Waals surface area contributed by atoms with Crippen LogP contribution >= 0.6 is 0 Å². The van der Waals surface area contributed by atoms with Crippen molar-refractivity contribution in [2.24, 2.45) is 5.92 Å². The van der Waals surface area contributed by atoms with E-state index in [1.807, 2.05) is 50.2 Å². The summed E-state index contributed by atoms with van der Waals surface area (Å²) in [5.41, 5.74) is 3.69. The van der Waals surface area contributed by atoms with Gasteiger partial charge in [0.15, 0.2) is 5.78 Å².